The van der Waals surface area contributed by atoms with Gasteiger partial charge < -0.3 is 10.1 Å². The fraction of sp³-hybridized carbons (Fsp3) is 0.385. The van der Waals surface area contributed by atoms with Gasteiger partial charge in [0.25, 0.3) is 0 Å². The first kappa shape index (κ1) is 22.1. The van der Waals surface area contributed by atoms with E-state index >= 15 is 0 Å². The second-order valence-electron chi connectivity index (χ2n) is 8.41. The van der Waals surface area contributed by atoms with Crippen LogP contribution in [0.4, 0.5) is 0 Å². The predicted molar refractivity (Wildman–Crippen MR) is 127 cm³/mol. The van der Waals surface area contributed by atoms with E-state index in [0.29, 0.717) is 6.04 Å². The minimum atomic E-state index is 0.0387. The van der Waals surface area contributed by atoms with E-state index in [2.05, 4.69) is 34.6 Å². The quantitative estimate of drug-likeness (QED) is 0.572. The number of methoxy groups -OCH3 is 1. The van der Waals surface area contributed by atoms with Crippen LogP contribution in [0.1, 0.15) is 38.2 Å². The number of hydrogen-bond donors (Lipinski definition) is 1. The maximum Gasteiger partial charge on any atom is 0.216 e. The summed E-state index contributed by atoms with van der Waals surface area (Å²) in [7, 11) is 1.69. The molecule has 1 aliphatic heterocycles. The van der Waals surface area contributed by atoms with Crippen molar-refractivity contribution < 1.29 is 9.53 Å². The van der Waals surface area contributed by atoms with Gasteiger partial charge in [-0.3, -0.25) is 9.69 Å². The van der Waals surface area contributed by atoms with E-state index < -0.39 is 0 Å². The zero-order chi connectivity index (χ0) is 22.3. The van der Waals surface area contributed by atoms with Crippen LogP contribution in [0.3, 0.4) is 0 Å². The molecule has 1 amide bonds. The summed E-state index contributed by atoms with van der Waals surface area (Å²) in [6, 6.07) is 18.8. The number of hydrogen-bond acceptors (Lipinski definition) is 4. The van der Waals surface area contributed by atoms with Crippen molar-refractivity contribution in [2.45, 2.75) is 45.2 Å². The molecule has 6 nitrogen and oxygen atoms in total. The smallest absolute Gasteiger partial charge is 0.216 e. The Balaban J connectivity index is 1.63. The second-order valence-corrected chi connectivity index (χ2v) is 8.41. The molecule has 1 N–H and O–H groups in total. The maximum absolute atomic E-state index is 11.3. The van der Waals surface area contributed by atoms with Gasteiger partial charge in [0.15, 0.2) is 0 Å². The van der Waals surface area contributed by atoms with Crippen LogP contribution < -0.4 is 10.1 Å². The summed E-state index contributed by atoms with van der Waals surface area (Å²) in [4.78, 5) is 13.9. The summed E-state index contributed by atoms with van der Waals surface area (Å²) in [5, 5.41) is 7.94. The molecular weight excluding hydrogens is 400 g/mol. The molecule has 168 valence electrons. The first-order valence-corrected chi connectivity index (χ1v) is 11.4. The highest BCUT2D eigenvalue weighted by Crippen LogP contribution is 2.30. The van der Waals surface area contributed by atoms with Gasteiger partial charge >= 0.3 is 0 Å². The molecule has 1 aromatic heterocycles. The standard InChI is InChI=1S/C26H32N4O2/c1-20(31)27-15-14-23-10-6-7-16-29(23)18-22-19-30(24-11-4-3-5-12-24)28-26(22)21-9-8-13-25(17-21)32-2/h3-5,8-9,11-13,17,19,23H,6-7,10,14-16,18H2,1-2H3,(H,27,31). The minimum Gasteiger partial charge on any atom is -0.497 e. The van der Waals surface area contributed by atoms with Crippen molar-refractivity contribution in [3.8, 4) is 22.7 Å². The Labute approximate surface area is 190 Å². The summed E-state index contributed by atoms with van der Waals surface area (Å²) in [6.07, 6.45) is 6.75. The lowest BCUT2D eigenvalue weighted by Gasteiger charge is -2.35. The first-order valence-electron chi connectivity index (χ1n) is 11.4. The predicted octanol–water partition coefficient (Wildman–Crippen LogP) is 4.43. The molecule has 0 spiro atoms. The third kappa shape index (κ3) is 5.37. The fourth-order valence-electron chi connectivity index (χ4n) is 4.48. The van der Waals surface area contributed by atoms with E-state index in [4.69, 9.17) is 9.84 Å². The highest BCUT2D eigenvalue weighted by Gasteiger charge is 2.24. The molecular formula is C26H32N4O2. The topological polar surface area (TPSA) is 59.4 Å². The van der Waals surface area contributed by atoms with Crippen LogP contribution in [-0.4, -0.2) is 46.8 Å². The number of nitrogens with one attached hydrogen (secondary N) is 1. The number of nitrogens with zero attached hydrogens (tertiary/aromatic N) is 3. The number of carbonyl (C=O) groups excluding carboxylic acids is 1. The third-order valence-electron chi connectivity index (χ3n) is 6.13. The molecule has 4 rings (SSSR count). The Morgan fingerprint density at radius 2 is 2.00 bits per heavy atom. The largest absolute Gasteiger partial charge is 0.497 e. The molecule has 32 heavy (non-hydrogen) atoms. The van der Waals surface area contributed by atoms with Gasteiger partial charge in [0.2, 0.25) is 5.91 Å². The molecule has 2 aromatic carbocycles. The number of benzene rings is 2. The van der Waals surface area contributed by atoms with Crippen LogP contribution in [0.2, 0.25) is 0 Å². The normalized spacial score (nSPS) is 16.6. The van der Waals surface area contributed by atoms with Crippen LogP contribution in [0, 0.1) is 0 Å². The van der Waals surface area contributed by atoms with Crippen molar-refractivity contribution in [1.82, 2.24) is 20.0 Å². The lowest BCUT2D eigenvalue weighted by Crippen LogP contribution is -2.41. The number of carbonyl (C=O) groups is 1. The van der Waals surface area contributed by atoms with Gasteiger partial charge in [0.1, 0.15) is 5.75 Å². The molecule has 1 fully saturated rings. The third-order valence-corrected chi connectivity index (χ3v) is 6.13. The van der Waals surface area contributed by atoms with E-state index in [0.717, 1.165) is 48.7 Å². The van der Waals surface area contributed by atoms with E-state index in [-0.39, 0.29) is 5.91 Å². The van der Waals surface area contributed by atoms with Crippen molar-refractivity contribution in [2.75, 3.05) is 20.2 Å². The minimum absolute atomic E-state index is 0.0387. The van der Waals surface area contributed by atoms with Crippen LogP contribution in [0.15, 0.2) is 60.8 Å². The van der Waals surface area contributed by atoms with Crippen LogP contribution in [-0.2, 0) is 11.3 Å². The Morgan fingerprint density at radius 3 is 2.78 bits per heavy atom. The van der Waals surface area contributed by atoms with Gasteiger partial charge in [-0.25, -0.2) is 4.68 Å². The zero-order valence-corrected chi connectivity index (χ0v) is 19.0. The number of likely N-dealkylation sites (tertiary alicyclic amines) is 1. The van der Waals surface area contributed by atoms with Gasteiger partial charge in [-0.1, -0.05) is 36.8 Å². The van der Waals surface area contributed by atoms with Gasteiger partial charge in [-0.05, 0) is 50.1 Å². The van der Waals surface area contributed by atoms with Crippen molar-refractivity contribution in [3.63, 3.8) is 0 Å². The van der Waals surface area contributed by atoms with Crippen LogP contribution >= 0.6 is 0 Å². The number of piperidine rings is 1. The monoisotopic (exact) mass is 432 g/mol. The number of para-hydroxylation sites is 1. The van der Waals surface area contributed by atoms with Gasteiger partial charge in [0.05, 0.1) is 18.5 Å². The Hall–Kier alpha value is -3.12. The molecule has 0 bridgehead atoms. The fourth-order valence-corrected chi connectivity index (χ4v) is 4.48. The van der Waals surface area contributed by atoms with Gasteiger partial charge in [0, 0.05) is 43.4 Å². The van der Waals surface area contributed by atoms with Crippen molar-refractivity contribution in [2.24, 2.45) is 0 Å². The molecule has 1 atom stereocenters. The number of rotatable bonds is 8. The Morgan fingerprint density at radius 1 is 1.16 bits per heavy atom. The molecule has 3 aromatic rings. The summed E-state index contributed by atoms with van der Waals surface area (Å²) < 4.78 is 7.43. The zero-order valence-electron chi connectivity index (χ0n) is 19.0. The number of aromatic nitrogens is 2. The molecule has 0 saturated carbocycles. The van der Waals surface area contributed by atoms with E-state index in [1.807, 2.05) is 41.1 Å². The van der Waals surface area contributed by atoms with Gasteiger partial charge in [-0.2, -0.15) is 5.10 Å². The first-order chi connectivity index (χ1) is 15.6. The van der Waals surface area contributed by atoms with Crippen LogP contribution in [0.25, 0.3) is 16.9 Å². The SMILES string of the molecule is COc1cccc(-c2nn(-c3ccccc3)cc2CN2CCCCC2CCNC(C)=O)c1. The molecule has 0 radical (unpaired) electrons. The molecule has 2 heterocycles. The average Bonchev–Trinajstić information content (AvgIpc) is 3.24. The molecule has 1 saturated heterocycles. The summed E-state index contributed by atoms with van der Waals surface area (Å²) in [5.41, 5.74) is 4.29. The molecule has 0 aliphatic carbocycles. The summed E-state index contributed by atoms with van der Waals surface area (Å²) >= 11 is 0. The Kier molecular flexibility index (Phi) is 7.22. The second kappa shape index (κ2) is 10.5. The molecule has 1 aliphatic rings. The van der Waals surface area contributed by atoms with Crippen molar-refractivity contribution in [1.29, 1.82) is 0 Å². The molecule has 1 unspecified atom stereocenters. The highest BCUT2D eigenvalue weighted by atomic mass is 16.5. The lowest BCUT2D eigenvalue weighted by atomic mass is 9.98. The molecule has 6 heteroatoms. The number of ether oxygens (including phenoxy) is 1. The lowest BCUT2D eigenvalue weighted by molar-refractivity contribution is -0.119. The van der Waals surface area contributed by atoms with E-state index in [1.165, 1.54) is 24.8 Å². The maximum atomic E-state index is 11.3. The van der Waals surface area contributed by atoms with Gasteiger partial charge in [-0.15, -0.1) is 0 Å². The van der Waals surface area contributed by atoms with Crippen molar-refractivity contribution >= 4 is 5.91 Å². The van der Waals surface area contributed by atoms with Crippen LogP contribution in [0.5, 0.6) is 5.75 Å². The Bertz CT molecular complexity index is 1030. The summed E-state index contributed by atoms with van der Waals surface area (Å²) in [5.74, 6) is 0.866. The van der Waals surface area contributed by atoms with Crippen molar-refractivity contribution in [3.05, 3.63) is 66.4 Å². The highest BCUT2D eigenvalue weighted by molar-refractivity contribution is 5.72. The van der Waals surface area contributed by atoms with E-state index in [9.17, 15) is 4.79 Å². The van der Waals surface area contributed by atoms with E-state index in [1.54, 1.807) is 14.0 Å². The average molecular weight is 433 g/mol. The number of amides is 1. The summed E-state index contributed by atoms with van der Waals surface area (Å²) in [6.45, 7) is 4.21.